The Morgan fingerprint density at radius 2 is 2.05 bits per heavy atom. The van der Waals surface area contributed by atoms with Gasteiger partial charge >= 0.3 is 11.9 Å². The SMILES string of the molecule is CCC(=O)Oc1cc2c(C(=O)OC)c(C)oc2cc1Br. The summed E-state index contributed by atoms with van der Waals surface area (Å²) in [5.74, 6) is -0.0470. The highest BCUT2D eigenvalue weighted by Gasteiger charge is 2.21. The van der Waals surface area contributed by atoms with Crippen LogP contribution in [0.2, 0.25) is 0 Å². The van der Waals surface area contributed by atoms with Gasteiger partial charge in [-0.3, -0.25) is 4.79 Å². The van der Waals surface area contributed by atoms with Gasteiger partial charge in [-0.1, -0.05) is 6.92 Å². The summed E-state index contributed by atoms with van der Waals surface area (Å²) in [6.07, 6.45) is 0.263. The van der Waals surface area contributed by atoms with Crippen LogP contribution in [-0.4, -0.2) is 19.0 Å². The second-order valence-corrected chi connectivity index (χ2v) is 4.99. The lowest BCUT2D eigenvalue weighted by Gasteiger charge is -2.05. The van der Waals surface area contributed by atoms with Crippen molar-refractivity contribution in [1.29, 1.82) is 0 Å². The largest absolute Gasteiger partial charge is 0.465 e. The van der Waals surface area contributed by atoms with Crippen molar-refractivity contribution in [2.75, 3.05) is 7.11 Å². The summed E-state index contributed by atoms with van der Waals surface area (Å²) < 4.78 is 16.0. The monoisotopic (exact) mass is 340 g/mol. The molecule has 2 rings (SSSR count). The van der Waals surface area contributed by atoms with Crippen molar-refractivity contribution in [3.05, 3.63) is 27.9 Å². The molecule has 1 aromatic carbocycles. The first-order valence-electron chi connectivity index (χ1n) is 5.99. The van der Waals surface area contributed by atoms with E-state index in [4.69, 9.17) is 13.9 Å². The maximum absolute atomic E-state index is 11.8. The van der Waals surface area contributed by atoms with Gasteiger partial charge in [-0.15, -0.1) is 0 Å². The molecule has 20 heavy (non-hydrogen) atoms. The fourth-order valence-corrected chi connectivity index (χ4v) is 2.25. The van der Waals surface area contributed by atoms with Gasteiger partial charge in [0.05, 0.1) is 11.6 Å². The van der Waals surface area contributed by atoms with Gasteiger partial charge in [0, 0.05) is 11.8 Å². The zero-order valence-corrected chi connectivity index (χ0v) is 12.9. The minimum atomic E-state index is -0.489. The number of aryl methyl sites for hydroxylation is 1. The number of rotatable bonds is 3. The molecule has 1 aromatic heterocycles. The second-order valence-electron chi connectivity index (χ2n) is 4.13. The van der Waals surface area contributed by atoms with E-state index in [1.165, 1.54) is 7.11 Å². The average Bonchev–Trinajstić information content (AvgIpc) is 2.73. The van der Waals surface area contributed by atoms with E-state index in [1.54, 1.807) is 26.0 Å². The molecule has 0 amide bonds. The zero-order valence-electron chi connectivity index (χ0n) is 11.3. The number of ether oxygens (including phenoxy) is 2. The zero-order chi connectivity index (χ0) is 14.9. The number of methoxy groups -OCH3 is 1. The molecule has 0 saturated heterocycles. The number of hydrogen-bond acceptors (Lipinski definition) is 5. The Kier molecular flexibility index (Phi) is 4.13. The topological polar surface area (TPSA) is 65.7 Å². The van der Waals surface area contributed by atoms with Crippen LogP contribution in [0.1, 0.15) is 29.5 Å². The van der Waals surface area contributed by atoms with Gasteiger partial charge in [-0.05, 0) is 35.0 Å². The van der Waals surface area contributed by atoms with Crippen molar-refractivity contribution in [3.8, 4) is 5.75 Å². The molecule has 0 unspecified atom stereocenters. The molecule has 0 aliphatic carbocycles. The molecule has 0 aliphatic rings. The van der Waals surface area contributed by atoms with Crippen molar-refractivity contribution in [1.82, 2.24) is 0 Å². The third-order valence-electron chi connectivity index (χ3n) is 2.82. The first kappa shape index (κ1) is 14.6. The normalized spacial score (nSPS) is 10.6. The first-order chi connectivity index (χ1) is 9.47. The van der Waals surface area contributed by atoms with Crippen molar-refractivity contribution in [2.24, 2.45) is 0 Å². The third-order valence-corrected chi connectivity index (χ3v) is 3.44. The van der Waals surface area contributed by atoms with Gasteiger partial charge in [-0.2, -0.15) is 0 Å². The van der Waals surface area contributed by atoms with Gasteiger partial charge < -0.3 is 13.9 Å². The highest BCUT2D eigenvalue weighted by atomic mass is 79.9. The van der Waals surface area contributed by atoms with Crippen LogP contribution in [-0.2, 0) is 9.53 Å². The predicted octanol–water partition coefficient (Wildman–Crippen LogP) is 3.61. The fourth-order valence-electron chi connectivity index (χ4n) is 1.85. The van der Waals surface area contributed by atoms with Crippen LogP contribution in [0.15, 0.2) is 21.0 Å². The van der Waals surface area contributed by atoms with Crippen molar-refractivity contribution in [3.63, 3.8) is 0 Å². The molecule has 0 bridgehead atoms. The Labute approximate surface area is 124 Å². The highest BCUT2D eigenvalue weighted by molar-refractivity contribution is 9.10. The minimum Gasteiger partial charge on any atom is -0.465 e. The molecule has 6 heteroatoms. The Balaban J connectivity index is 2.60. The van der Waals surface area contributed by atoms with E-state index >= 15 is 0 Å². The van der Waals surface area contributed by atoms with E-state index in [2.05, 4.69) is 15.9 Å². The molecule has 1 heterocycles. The summed E-state index contributed by atoms with van der Waals surface area (Å²) >= 11 is 3.31. The molecule has 0 spiro atoms. The van der Waals surface area contributed by atoms with Crippen molar-refractivity contribution in [2.45, 2.75) is 20.3 Å². The second kappa shape index (κ2) is 5.66. The summed E-state index contributed by atoms with van der Waals surface area (Å²) in [4.78, 5) is 23.2. The summed E-state index contributed by atoms with van der Waals surface area (Å²) in [6.45, 7) is 3.38. The molecule has 2 aromatic rings. The molecule has 5 nitrogen and oxygen atoms in total. The Bertz CT molecular complexity index is 686. The lowest BCUT2D eigenvalue weighted by atomic mass is 10.1. The van der Waals surface area contributed by atoms with E-state index in [0.29, 0.717) is 32.5 Å². The number of furan rings is 1. The van der Waals surface area contributed by atoms with Gasteiger partial charge in [0.15, 0.2) is 0 Å². The molecule has 0 aliphatic heterocycles. The summed E-state index contributed by atoms with van der Waals surface area (Å²) in [7, 11) is 1.30. The third kappa shape index (κ3) is 2.56. The van der Waals surface area contributed by atoms with Gasteiger partial charge in [0.25, 0.3) is 0 Å². The number of hydrogen-bond donors (Lipinski definition) is 0. The standard InChI is InChI=1S/C14H13BrO5/c1-4-12(16)20-11-5-8-10(6-9(11)15)19-7(2)13(8)14(17)18-3/h5-6H,4H2,1-3H3. The summed E-state index contributed by atoms with van der Waals surface area (Å²) in [5.41, 5.74) is 0.856. The maximum atomic E-state index is 11.8. The van der Waals surface area contributed by atoms with E-state index in [-0.39, 0.29) is 12.4 Å². The van der Waals surface area contributed by atoms with Crippen LogP contribution >= 0.6 is 15.9 Å². The van der Waals surface area contributed by atoms with Gasteiger partial charge in [-0.25, -0.2) is 4.79 Å². The highest BCUT2D eigenvalue weighted by Crippen LogP contribution is 2.35. The van der Waals surface area contributed by atoms with Crippen molar-refractivity contribution >= 4 is 38.8 Å². The van der Waals surface area contributed by atoms with E-state index < -0.39 is 5.97 Å². The maximum Gasteiger partial charge on any atom is 0.342 e. The molecule has 0 fully saturated rings. The Morgan fingerprint density at radius 1 is 1.35 bits per heavy atom. The van der Waals surface area contributed by atoms with E-state index in [0.717, 1.165) is 0 Å². The van der Waals surface area contributed by atoms with E-state index in [1.807, 2.05) is 0 Å². The van der Waals surface area contributed by atoms with Gasteiger partial charge in [0.2, 0.25) is 0 Å². The van der Waals surface area contributed by atoms with Crippen LogP contribution < -0.4 is 4.74 Å². The summed E-state index contributed by atoms with van der Waals surface area (Å²) in [5, 5.41) is 0.552. The quantitative estimate of drug-likeness (QED) is 0.630. The molecular formula is C14H13BrO5. The number of carbonyl (C=O) groups is 2. The van der Waals surface area contributed by atoms with Crippen LogP contribution in [0.4, 0.5) is 0 Å². The lowest BCUT2D eigenvalue weighted by molar-refractivity contribution is -0.134. The number of benzene rings is 1. The lowest BCUT2D eigenvalue weighted by Crippen LogP contribution is -2.06. The van der Waals surface area contributed by atoms with Crippen LogP contribution in [0, 0.1) is 6.92 Å². The molecular weight excluding hydrogens is 328 g/mol. The van der Waals surface area contributed by atoms with Gasteiger partial charge in [0.1, 0.15) is 22.7 Å². The first-order valence-corrected chi connectivity index (χ1v) is 6.78. The minimum absolute atomic E-state index is 0.263. The average molecular weight is 341 g/mol. The van der Waals surface area contributed by atoms with Crippen molar-refractivity contribution < 1.29 is 23.5 Å². The molecule has 0 saturated carbocycles. The molecule has 0 N–H and O–H groups in total. The number of halogens is 1. The predicted molar refractivity (Wildman–Crippen MR) is 75.9 cm³/mol. The van der Waals surface area contributed by atoms with Crippen LogP contribution in [0.5, 0.6) is 5.75 Å². The number of carbonyl (C=O) groups excluding carboxylic acids is 2. The fraction of sp³-hybridized carbons (Fsp3) is 0.286. The molecule has 0 radical (unpaired) electrons. The molecule has 0 atom stereocenters. The Hall–Kier alpha value is -1.82. The molecule has 106 valence electrons. The van der Waals surface area contributed by atoms with Crippen LogP contribution in [0.3, 0.4) is 0 Å². The van der Waals surface area contributed by atoms with E-state index in [9.17, 15) is 9.59 Å². The summed E-state index contributed by atoms with van der Waals surface area (Å²) in [6, 6.07) is 3.25. The number of esters is 2. The Morgan fingerprint density at radius 3 is 2.65 bits per heavy atom. The number of fused-ring (bicyclic) bond motifs is 1. The van der Waals surface area contributed by atoms with Crippen LogP contribution in [0.25, 0.3) is 11.0 Å². The smallest absolute Gasteiger partial charge is 0.342 e.